The summed E-state index contributed by atoms with van der Waals surface area (Å²) in [6, 6.07) is 4.65. The van der Waals surface area contributed by atoms with Gasteiger partial charge in [0.1, 0.15) is 10.7 Å². The highest BCUT2D eigenvalue weighted by Gasteiger charge is 2.22. The van der Waals surface area contributed by atoms with E-state index >= 15 is 0 Å². The molecule has 5 nitrogen and oxygen atoms in total. The van der Waals surface area contributed by atoms with Crippen molar-refractivity contribution in [2.75, 3.05) is 20.3 Å². The molecule has 0 radical (unpaired) electrons. The van der Waals surface area contributed by atoms with E-state index in [1.807, 2.05) is 13.8 Å². The van der Waals surface area contributed by atoms with Crippen LogP contribution in [0.15, 0.2) is 18.2 Å². The minimum Gasteiger partial charge on any atom is -0.451 e. The number of carbonyl (C=O) groups excluding carboxylic acids is 2. The molecule has 0 aliphatic rings. The molecule has 0 aliphatic carbocycles. The zero-order chi connectivity index (χ0) is 17.7. The number of rotatable bonds is 7. The standard InChI is InChI=1S/C17H20FNO4S/c1-10(2)7-19-14(20)9-23-17(21)16-11(8-22-3)15-12(18)5-4-6-13(15)24-16/h4-6,10H,7-9H2,1-3H3,(H,19,20). The summed E-state index contributed by atoms with van der Waals surface area (Å²) < 4.78 is 24.9. The smallest absolute Gasteiger partial charge is 0.349 e. The molecule has 1 heterocycles. The van der Waals surface area contributed by atoms with Crippen molar-refractivity contribution < 1.29 is 23.5 Å². The summed E-state index contributed by atoms with van der Waals surface area (Å²) in [6.45, 7) is 4.17. The maximum Gasteiger partial charge on any atom is 0.349 e. The first kappa shape index (κ1) is 18.4. The monoisotopic (exact) mass is 353 g/mol. The first-order chi connectivity index (χ1) is 11.4. The van der Waals surface area contributed by atoms with E-state index in [-0.39, 0.29) is 24.0 Å². The summed E-state index contributed by atoms with van der Waals surface area (Å²) in [7, 11) is 1.47. The van der Waals surface area contributed by atoms with Gasteiger partial charge in [0.15, 0.2) is 6.61 Å². The van der Waals surface area contributed by atoms with Crippen LogP contribution in [-0.4, -0.2) is 32.1 Å². The first-order valence-corrected chi connectivity index (χ1v) is 8.38. The molecule has 1 amide bonds. The van der Waals surface area contributed by atoms with Crippen LogP contribution < -0.4 is 5.32 Å². The van der Waals surface area contributed by atoms with Crippen LogP contribution in [-0.2, 0) is 20.9 Å². The van der Waals surface area contributed by atoms with Gasteiger partial charge in [0.2, 0.25) is 0 Å². The van der Waals surface area contributed by atoms with Crippen LogP contribution in [0.5, 0.6) is 0 Å². The molecule has 0 atom stereocenters. The Hall–Kier alpha value is -1.99. The second-order valence-corrected chi connectivity index (χ2v) is 6.78. The molecule has 1 aromatic carbocycles. The predicted molar refractivity (Wildman–Crippen MR) is 90.6 cm³/mol. The van der Waals surface area contributed by atoms with E-state index < -0.39 is 11.8 Å². The average molecular weight is 353 g/mol. The Kier molecular flexibility index (Phi) is 6.28. The summed E-state index contributed by atoms with van der Waals surface area (Å²) in [5.74, 6) is -1.12. The summed E-state index contributed by atoms with van der Waals surface area (Å²) in [5, 5.41) is 3.03. The zero-order valence-electron chi connectivity index (χ0n) is 13.8. The molecule has 0 saturated heterocycles. The van der Waals surface area contributed by atoms with Crippen molar-refractivity contribution in [1.82, 2.24) is 5.32 Å². The number of nitrogens with one attached hydrogen (secondary N) is 1. The minimum absolute atomic E-state index is 0.0882. The average Bonchev–Trinajstić information content (AvgIpc) is 2.91. The molecule has 0 fully saturated rings. The summed E-state index contributed by atoms with van der Waals surface area (Å²) in [4.78, 5) is 24.2. The molecular weight excluding hydrogens is 333 g/mol. The fourth-order valence-corrected chi connectivity index (χ4v) is 3.30. The number of methoxy groups -OCH3 is 1. The van der Waals surface area contributed by atoms with E-state index in [0.717, 1.165) is 11.3 Å². The van der Waals surface area contributed by atoms with Gasteiger partial charge >= 0.3 is 5.97 Å². The van der Waals surface area contributed by atoms with Gasteiger partial charge in [-0.05, 0) is 18.1 Å². The Balaban J connectivity index is 2.15. The van der Waals surface area contributed by atoms with Gasteiger partial charge in [-0.25, -0.2) is 9.18 Å². The number of hydrogen-bond acceptors (Lipinski definition) is 5. The molecule has 0 unspecified atom stereocenters. The maximum atomic E-state index is 14.1. The van der Waals surface area contributed by atoms with Crippen LogP contribution in [0.3, 0.4) is 0 Å². The van der Waals surface area contributed by atoms with Crippen molar-refractivity contribution >= 4 is 33.3 Å². The molecule has 2 rings (SSSR count). The normalized spacial score (nSPS) is 11.0. The number of ether oxygens (including phenoxy) is 2. The lowest BCUT2D eigenvalue weighted by Crippen LogP contribution is -2.31. The lowest BCUT2D eigenvalue weighted by Gasteiger charge is -2.08. The third-order valence-electron chi connectivity index (χ3n) is 3.28. The number of thiophene rings is 1. The molecule has 0 bridgehead atoms. The van der Waals surface area contributed by atoms with Crippen LogP contribution in [0, 0.1) is 11.7 Å². The largest absolute Gasteiger partial charge is 0.451 e. The van der Waals surface area contributed by atoms with Crippen molar-refractivity contribution in [3.05, 3.63) is 34.5 Å². The Morgan fingerprint density at radius 3 is 2.75 bits per heavy atom. The number of benzene rings is 1. The Bertz CT molecular complexity index is 742. The van der Waals surface area contributed by atoms with Crippen molar-refractivity contribution in [2.24, 2.45) is 5.92 Å². The second kappa shape index (κ2) is 8.21. The zero-order valence-corrected chi connectivity index (χ0v) is 14.7. The predicted octanol–water partition coefficient (Wildman–Crippen LogP) is 3.12. The lowest BCUT2D eigenvalue weighted by atomic mass is 10.1. The van der Waals surface area contributed by atoms with E-state index in [1.54, 1.807) is 12.1 Å². The number of esters is 1. The van der Waals surface area contributed by atoms with Crippen LogP contribution in [0.4, 0.5) is 4.39 Å². The number of fused-ring (bicyclic) bond motifs is 1. The van der Waals surface area contributed by atoms with Gasteiger partial charge in [-0.2, -0.15) is 0 Å². The van der Waals surface area contributed by atoms with Crippen LogP contribution >= 0.6 is 11.3 Å². The maximum absolute atomic E-state index is 14.1. The van der Waals surface area contributed by atoms with Gasteiger partial charge in [-0.3, -0.25) is 4.79 Å². The van der Waals surface area contributed by atoms with Crippen molar-refractivity contribution in [1.29, 1.82) is 0 Å². The molecule has 0 aliphatic heterocycles. The molecule has 0 saturated carbocycles. The van der Waals surface area contributed by atoms with Crippen molar-refractivity contribution in [3.63, 3.8) is 0 Å². The van der Waals surface area contributed by atoms with Crippen LogP contribution in [0.2, 0.25) is 0 Å². The third-order valence-corrected chi connectivity index (χ3v) is 4.46. The fraction of sp³-hybridized carbons (Fsp3) is 0.412. The van der Waals surface area contributed by atoms with E-state index in [2.05, 4.69) is 5.32 Å². The van der Waals surface area contributed by atoms with Crippen molar-refractivity contribution in [2.45, 2.75) is 20.5 Å². The first-order valence-electron chi connectivity index (χ1n) is 7.56. The van der Waals surface area contributed by atoms with Gasteiger partial charge in [-0.1, -0.05) is 19.9 Å². The molecule has 7 heteroatoms. The van der Waals surface area contributed by atoms with E-state index in [1.165, 1.54) is 13.2 Å². The molecular formula is C17H20FNO4S. The second-order valence-electron chi connectivity index (χ2n) is 5.73. The van der Waals surface area contributed by atoms with Crippen molar-refractivity contribution in [3.8, 4) is 0 Å². The molecule has 130 valence electrons. The summed E-state index contributed by atoms with van der Waals surface area (Å²) in [5.41, 5.74) is 0.447. The Morgan fingerprint density at radius 2 is 2.08 bits per heavy atom. The van der Waals surface area contributed by atoms with Gasteiger partial charge < -0.3 is 14.8 Å². The molecule has 2 aromatic rings. The van der Waals surface area contributed by atoms with Gasteiger partial charge in [-0.15, -0.1) is 11.3 Å². The summed E-state index contributed by atoms with van der Waals surface area (Å²) in [6.07, 6.45) is 0. The number of halogens is 1. The quantitative estimate of drug-likeness (QED) is 0.777. The number of carbonyl (C=O) groups is 2. The minimum atomic E-state index is -0.651. The SMILES string of the molecule is COCc1c(C(=O)OCC(=O)NCC(C)C)sc2cccc(F)c12. The summed E-state index contributed by atoms with van der Waals surface area (Å²) >= 11 is 1.13. The molecule has 1 N–H and O–H groups in total. The fourth-order valence-electron chi connectivity index (χ4n) is 2.18. The Morgan fingerprint density at radius 1 is 1.33 bits per heavy atom. The van der Waals surface area contributed by atoms with Gasteiger partial charge in [0.25, 0.3) is 5.91 Å². The van der Waals surface area contributed by atoms with Crippen LogP contribution in [0.1, 0.15) is 29.1 Å². The lowest BCUT2D eigenvalue weighted by molar-refractivity contribution is -0.124. The highest BCUT2D eigenvalue weighted by molar-refractivity contribution is 7.21. The van der Waals surface area contributed by atoms with E-state index in [9.17, 15) is 14.0 Å². The van der Waals surface area contributed by atoms with Crippen LogP contribution in [0.25, 0.3) is 10.1 Å². The highest BCUT2D eigenvalue weighted by atomic mass is 32.1. The molecule has 1 aromatic heterocycles. The van der Waals surface area contributed by atoms with Gasteiger partial charge in [0, 0.05) is 29.3 Å². The third kappa shape index (κ3) is 4.30. The molecule has 0 spiro atoms. The van der Waals surface area contributed by atoms with E-state index in [4.69, 9.17) is 9.47 Å². The number of hydrogen-bond donors (Lipinski definition) is 1. The Labute approximate surface area is 143 Å². The highest BCUT2D eigenvalue weighted by Crippen LogP contribution is 2.34. The van der Waals surface area contributed by atoms with Gasteiger partial charge in [0.05, 0.1) is 6.61 Å². The van der Waals surface area contributed by atoms with E-state index in [0.29, 0.717) is 28.1 Å². The number of amides is 1. The topological polar surface area (TPSA) is 64.6 Å². The molecule has 24 heavy (non-hydrogen) atoms.